The Hall–Kier alpha value is -0.280. The molecule has 0 saturated carbocycles. The molecule has 0 saturated heterocycles. The molecule has 0 amide bonds. The number of hydrogen-bond acceptors (Lipinski definition) is 1. The second kappa shape index (κ2) is 4.10. The maximum absolute atomic E-state index is 13.1. The third-order valence-electron chi connectivity index (χ3n) is 1.25. The number of halogens is 3. The zero-order chi connectivity index (χ0) is 9.14. The van der Waals surface area contributed by atoms with Crippen LogP contribution in [-0.4, -0.2) is 6.61 Å². The van der Waals surface area contributed by atoms with Crippen LogP contribution < -0.4 is 4.74 Å². The van der Waals surface area contributed by atoms with Crippen LogP contribution in [-0.2, 0) is 0 Å². The SMILES string of the molecule is CCOc1c(F)cc(Cl)cc1Br. The maximum atomic E-state index is 13.1. The third kappa shape index (κ3) is 2.11. The Morgan fingerprint density at radius 1 is 1.58 bits per heavy atom. The van der Waals surface area contributed by atoms with Gasteiger partial charge in [0.25, 0.3) is 0 Å². The predicted molar refractivity (Wildman–Crippen MR) is 50.3 cm³/mol. The highest BCUT2D eigenvalue weighted by molar-refractivity contribution is 9.10. The van der Waals surface area contributed by atoms with Gasteiger partial charge in [-0.05, 0) is 35.0 Å². The molecule has 0 bridgehead atoms. The molecule has 0 heterocycles. The monoisotopic (exact) mass is 252 g/mol. The molecule has 0 spiro atoms. The Morgan fingerprint density at radius 2 is 2.25 bits per heavy atom. The summed E-state index contributed by atoms with van der Waals surface area (Å²) in [5.41, 5.74) is 0. The smallest absolute Gasteiger partial charge is 0.169 e. The molecule has 0 atom stereocenters. The van der Waals surface area contributed by atoms with Crippen LogP contribution in [0.25, 0.3) is 0 Å². The van der Waals surface area contributed by atoms with E-state index in [1.807, 2.05) is 0 Å². The fourth-order valence-electron chi connectivity index (χ4n) is 0.811. The van der Waals surface area contributed by atoms with Gasteiger partial charge in [0.05, 0.1) is 11.1 Å². The van der Waals surface area contributed by atoms with E-state index in [0.717, 1.165) is 0 Å². The summed E-state index contributed by atoms with van der Waals surface area (Å²) in [7, 11) is 0. The predicted octanol–water partition coefficient (Wildman–Crippen LogP) is 3.64. The summed E-state index contributed by atoms with van der Waals surface area (Å²) in [6, 6.07) is 2.81. The molecule has 0 aliphatic rings. The van der Waals surface area contributed by atoms with Crippen LogP contribution in [0.15, 0.2) is 16.6 Å². The number of benzene rings is 1. The standard InChI is InChI=1S/C8H7BrClFO/c1-2-12-8-6(9)3-5(10)4-7(8)11/h3-4H,2H2,1H3. The first-order valence-electron chi connectivity index (χ1n) is 3.42. The van der Waals surface area contributed by atoms with Gasteiger partial charge in [0.2, 0.25) is 0 Å². The summed E-state index contributed by atoms with van der Waals surface area (Å²) in [5, 5.41) is 0.350. The molecule has 1 rings (SSSR count). The van der Waals surface area contributed by atoms with Crippen LogP contribution in [0, 0.1) is 5.82 Å². The number of rotatable bonds is 2. The maximum Gasteiger partial charge on any atom is 0.169 e. The normalized spacial score (nSPS) is 10.0. The van der Waals surface area contributed by atoms with Gasteiger partial charge in [-0.1, -0.05) is 11.6 Å². The molecule has 0 radical (unpaired) electrons. The van der Waals surface area contributed by atoms with Gasteiger partial charge in [0.15, 0.2) is 11.6 Å². The van der Waals surface area contributed by atoms with E-state index in [-0.39, 0.29) is 5.75 Å². The van der Waals surface area contributed by atoms with E-state index in [9.17, 15) is 4.39 Å². The summed E-state index contributed by atoms with van der Waals surface area (Å²) in [6.07, 6.45) is 0. The van der Waals surface area contributed by atoms with Crippen molar-refractivity contribution in [3.05, 3.63) is 27.4 Å². The van der Waals surface area contributed by atoms with E-state index in [4.69, 9.17) is 16.3 Å². The minimum absolute atomic E-state index is 0.210. The number of hydrogen-bond donors (Lipinski definition) is 0. The van der Waals surface area contributed by atoms with Gasteiger partial charge in [-0.3, -0.25) is 0 Å². The quantitative estimate of drug-likeness (QED) is 0.782. The Balaban J connectivity index is 3.10. The van der Waals surface area contributed by atoms with Crippen molar-refractivity contribution in [2.24, 2.45) is 0 Å². The van der Waals surface area contributed by atoms with Crippen LogP contribution in [0.4, 0.5) is 4.39 Å². The summed E-state index contributed by atoms with van der Waals surface area (Å²) in [6.45, 7) is 2.22. The van der Waals surface area contributed by atoms with E-state index in [0.29, 0.717) is 16.1 Å². The molecule has 0 N–H and O–H groups in total. The summed E-state index contributed by atoms with van der Waals surface area (Å²) in [5.74, 6) is -0.238. The molecular formula is C8H7BrClFO. The highest BCUT2D eigenvalue weighted by atomic mass is 79.9. The van der Waals surface area contributed by atoms with Gasteiger partial charge in [0.1, 0.15) is 0 Å². The Kier molecular flexibility index (Phi) is 3.35. The molecule has 0 aliphatic heterocycles. The average Bonchev–Trinajstić information content (AvgIpc) is 1.96. The molecule has 0 aliphatic carbocycles. The lowest BCUT2D eigenvalue weighted by molar-refractivity contribution is 0.319. The fraction of sp³-hybridized carbons (Fsp3) is 0.250. The molecule has 1 aromatic rings. The van der Waals surface area contributed by atoms with Crippen LogP contribution in [0.5, 0.6) is 5.75 Å². The van der Waals surface area contributed by atoms with Gasteiger partial charge in [-0.15, -0.1) is 0 Å². The highest BCUT2D eigenvalue weighted by Gasteiger charge is 2.08. The first-order chi connectivity index (χ1) is 5.65. The van der Waals surface area contributed by atoms with Gasteiger partial charge in [-0.25, -0.2) is 4.39 Å². The van der Waals surface area contributed by atoms with Crippen molar-refractivity contribution in [3.63, 3.8) is 0 Å². The topological polar surface area (TPSA) is 9.23 Å². The number of ether oxygens (including phenoxy) is 1. The van der Waals surface area contributed by atoms with Crippen LogP contribution in [0.1, 0.15) is 6.92 Å². The van der Waals surface area contributed by atoms with Gasteiger partial charge >= 0.3 is 0 Å². The second-order valence-electron chi connectivity index (χ2n) is 2.13. The lowest BCUT2D eigenvalue weighted by Gasteiger charge is -2.06. The molecular weight excluding hydrogens is 246 g/mol. The average molecular weight is 253 g/mol. The van der Waals surface area contributed by atoms with Crippen LogP contribution >= 0.6 is 27.5 Å². The zero-order valence-corrected chi connectivity index (χ0v) is 8.75. The van der Waals surface area contributed by atoms with E-state index < -0.39 is 5.82 Å². The fourth-order valence-corrected chi connectivity index (χ4v) is 1.70. The molecule has 1 nitrogen and oxygen atoms in total. The summed E-state index contributed by atoms with van der Waals surface area (Å²) in [4.78, 5) is 0. The molecule has 1 aromatic carbocycles. The van der Waals surface area contributed by atoms with Crippen molar-refractivity contribution >= 4 is 27.5 Å². The van der Waals surface area contributed by atoms with E-state index in [2.05, 4.69) is 15.9 Å². The Morgan fingerprint density at radius 3 is 2.75 bits per heavy atom. The highest BCUT2D eigenvalue weighted by Crippen LogP contribution is 2.31. The van der Waals surface area contributed by atoms with Gasteiger partial charge < -0.3 is 4.74 Å². The molecule has 0 unspecified atom stereocenters. The molecule has 4 heteroatoms. The van der Waals surface area contributed by atoms with E-state index in [1.165, 1.54) is 6.07 Å². The molecule has 0 fully saturated rings. The van der Waals surface area contributed by atoms with Gasteiger partial charge in [0, 0.05) is 5.02 Å². The van der Waals surface area contributed by atoms with Crippen LogP contribution in [0.2, 0.25) is 5.02 Å². The lowest BCUT2D eigenvalue weighted by Crippen LogP contribution is -1.95. The largest absolute Gasteiger partial charge is 0.490 e. The van der Waals surface area contributed by atoms with E-state index >= 15 is 0 Å². The van der Waals surface area contributed by atoms with E-state index in [1.54, 1.807) is 13.0 Å². The minimum atomic E-state index is -0.448. The summed E-state index contributed by atoms with van der Waals surface area (Å²) >= 11 is 8.75. The first kappa shape index (κ1) is 9.81. The Bertz CT molecular complexity index is 267. The zero-order valence-electron chi connectivity index (χ0n) is 6.40. The first-order valence-corrected chi connectivity index (χ1v) is 4.59. The third-order valence-corrected chi connectivity index (χ3v) is 2.06. The van der Waals surface area contributed by atoms with Gasteiger partial charge in [-0.2, -0.15) is 0 Å². The molecule has 12 heavy (non-hydrogen) atoms. The minimum Gasteiger partial charge on any atom is -0.490 e. The van der Waals surface area contributed by atoms with Crippen molar-refractivity contribution in [1.82, 2.24) is 0 Å². The van der Waals surface area contributed by atoms with Crippen molar-refractivity contribution in [2.75, 3.05) is 6.61 Å². The molecule has 66 valence electrons. The lowest BCUT2D eigenvalue weighted by atomic mass is 10.3. The molecule has 0 aromatic heterocycles. The second-order valence-corrected chi connectivity index (χ2v) is 3.42. The summed E-state index contributed by atoms with van der Waals surface area (Å²) < 4.78 is 18.6. The van der Waals surface area contributed by atoms with Crippen molar-refractivity contribution in [3.8, 4) is 5.75 Å². The van der Waals surface area contributed by atoms with Crippen LogP contribution in [0.3, 0.4) is 0 Å². The van der Waals surface area contributed by atoms with Crippen molar-refractivity contribution in [1.29, 1.82) is 0 Å². The van der Waals surface area contributed by atoms with Crippen molar-refractivity contribution < 1.29 is 9.13 Å². The Labute approximate surface area is 83.6 Å². The van der Waals surface area contributed by atoms with Crippen molar-refractivity contribution in [2.45, 2.75) is 6.92 Å².